The standard InChI is InChI=1S/C14H17Br2NOS/c1-14(2)5-6-17(7-8-19-14)13(18)11-4-3-10(15)9-12(11)16/h3-4,9H,5-8H2,1-2H3. The van der Waals surface area contributed by atoms with Gasteiger partial charge in [-0.05, 0) is 40.5 Å². The lowest BCUT2D eigenvalue weighted by Gasteiger charge is -2.23. The summed E-state index contributed by atoms with van der Waals surface area (Å²) < 4.78 is 2.10. The van der Waals surface area contributed by atoms with E-state index in [1.807, 2.05) is 34.9 Å². The maximum Gasteiger partial charge on any atom is 0.255 e. The summed E-state index contributed by atoms with van der Waals surface area (Å²) in [4.78, 5) is 14.5. The van der Waals surface area contributed by atoms with Crippen LogP contribution in [0.4, 0.5) is 0 Å². The van der Waals surface area contributed by atoms with Gasteiger partial charge in [0.15, 0.2) is 0 Å². The highest BCUT2D eigenvalue weighted by atomic mass is 79.9. The Labute approximate surface area is 135 Å². The van der Waals surface area contributed by atoms with Gasteiger partial charge in [0.05, 0.1) is 5.56 Å². The van der Waals surface area contributed by atoms with Crippen molar-refractivity contribution in [1.29, 1.82) is 0 Å². The summed E-state index contributed by atoms with van der Waals surface area (Å²) >= 11 is 8.84. The second-order valence-corrected chi connectivity index (χ2v) is 8.85. The largest absolute Gasteiger partial charge is 0.338 e. The number of thioether (sulfide) groups is 1. The van der Waals surface area contributed by atoms with Crippen LogP contribution in [0.3, 0.4) is 0 Å². The number of hydrogen-bond donors (Lipinski definition) is 0. The number of amides is 1. The zero-order valence-corrected chi connectivity index (χ0v) is 15.1. The van der Waals surface area contributed by atoms with Crippen molar-refractivity contribution >= 4 is 49.5 Å². The van der Waals surface area contributed by atoms with Crippen molar-refractivity contribution in [3.05, 3.63) is 32.7 Å². The van der Waals surface area contributed by atoms with Gasteiger partial charge in [-0.15, -0.1) is 0 Å². The third-order valence-electron chi connectivity index (χ3n) is 3.29. The van der Waals surface area contributed by atoms with Crippen LogP contribution in [0.5, 0.6) is 0 Å². The van der Waals surface area contributed by atoms with Gasteiger partial charge in [0.1, 0.15) is 0 Å². The molecule has 0 spiro atoms. The molecule has 0 aromatic heterocycles. The van der Waals surface area contributed by atoms with Gasteiger partial charge in [0, 0.05) is 32.5 Å². The fraction of sp³-hybridized carbons (Fsp3) is 0.500. The Morgan fingerprint density at radius 3 is 2.74 bits per heavy atom. The van der Waals surface area contributed by atoms with E-state index in [4.69, 9.17) is 0 Å². The Kier molecular flexibility index (Phi) is 5.01. The molecule has 2 nitrogen and oxygen atoms in total. The van der Waals surface area contributed by atoms with Crippen LogP contribution in [0.25, 0.3) is 0 Å². The minimum atomic E-state index is 0.123. The van der Waals surface area contributed by atoms with Gasteiger partial charge in [0.25, 0.3) is 5.91 Å². The molecule has 1 saturated heterocycles. The van der Waals surface area contributed by atoms with Gasteiger partial charge in [-0.3, -0.25) is 4.79 Å². The predicted molar refractivity (Wildman–Crippen MR) is 88.9 cm³/mol. The van der Waals surface area contributed by atoms with Crippen molar-refractivity contribution in [3.63, 3.8) is 0 Å². The van der Waals surface area contributed by atoms with Gasteiger partial charge < -0.3 is 4.90 Å². The number of hydrogen-bond acceptors (Lipinski definition) is 2. The summed E-state index contributed by atoms with van der Waals surface area (Å²) in [6.07, 6.45) is 1.04. The Morgan fingerprint density at radius 2 is 2.05 bits per heavy atom. The van der Waals surface area contributed by atoms with E-state index in [0.717, 1.165) is 39.8 Å². The predicted octanol–water partition coefficient (Wildman–Crippen LogP) is 4.57. The molecule has 1 aliphatic rings. The molecule has 1 aromatic carbocycles. The van der Waals surface area contributed by atoms with Crippen LogP contribution < -0.4 is 0 Å². The van der Waals surface area contributed by atoms with Crippen molar-refractivity contribution in [2.75, 3.05) is 18.8 Å². The van der Waals surface area contributed by atoms with Gasteiger partial charge in [-0.1, -0.05) is 29.8 Å². The molecule has 0 bridgehead atoms. The molecule has 19 heavy (non-hydrogen) atoms. The van der Waals surface area contributed by atoms with Crippen LogP contribution >= 0.6 is 43.6 Å². The fourth-order valence-corrected chi connectivity index (χ4v) is 4.37. The summed E-state index contributed by atoms with van der Waals surface area (Å²) in [7, 11) is 0. The Morgan fingerprint density at radius 1 is 1.32 bits per heavy atom. The highest BCUT2D eigenvalue weighted by Gasteiger charge is 2.27. The summed E-state index contributed by atoms with van der Waals surface area (Å²) in [5, 5.41) is 0. The minimum Gasteiger partial charge on any atom is -0.338 e. The molecule has 0 saturated carbocycles. The summed E-state index contributed by atoms with van der Waals surface area (Å²) in [5.41, 5.74) is 0.743. The zero-order chi connectivity index (χ0) is 14.0. The summed E-state index contributed by atoms with van der Waals surface area (Å²) in [6.45, 7) is 6.17. The highest BCUT2D eigenvalue weighted by Crippen LogP contribution is 2.31. The van der Waals surface area contributed by atoms with E-state index in [1.165, 1.54) is 0 Å². The van der Waals surface area contributed by atoms with E-state index in [9.17, 15) is 4.79 Å². The molecule has 1 amide bonds. The number of benzene rings is 1. The molecule has 1 aromatic rings. The molecule has 1 fully saturated rings. The molecule has 0 unspecified atom stereocenters. The maximum absolute atomic E-state index is 12.6. The Bertz CT molecular complexity index is 490. The van der Waals surface area contributed by atoms with Gasteiger partial charge in [-0.25, -0.2) is 0 Å². The van der Waals surface area contributed by atoms with Crippen molar-refractivity contribution in [3.8, 4) is 0 Å². The van der Waals surface area contributed by atoms with E-state index in [-0.39, 0.29) is 10.7 Å². The maximum atomic E-state index is 12.6. The molecule has 0 N–H and O–H groups in total. The van der Waals surface area contributed by atoms with Crippen LogP contribution in [0.2, 0.25) is 0 Å². The molecule has 0 atom stereocenters. The van der Waals surface area contributed by atoms with Crippen molar-refractivity contribution in [1.82, 2.24) is 4.90 Å². The van der Waals surface area contributed by atoms with E-state index in [0.29, 0.717) is 0 Å². The number of rotatable bonds is 1. The average Bonchev–Trinajstić information content (AvgIpc) is 2.49. The topological polar surface area (TPSA) is 20.3 Å². The molecule has 104 valence electrons. The average molecular weight is 407 g/mol. The summed E-state index contributed by atoms with van der Waals surface area (Å²) in [5.74, 6) is 1.13. The molecule has 0 radical (unpaired) electrons. The van der Waals surface area contributed by atoms with Crippen LogP contribution in [-0.2, 0) is 0 Å². The van der Waals surface area contributed by atoms with Crippen LogP contribution in [0.15, 0.2) is 27.1 Å². The first-order chi connectivity index (χ1) is 8.89. The van der Waals surface area contributed by atoms with E-state index >= 15 is 0 Å². The lowest BCUT2D eigenvalue weighted by molar-refractivity contribution is 0.0763. The minimum absolute atomic E-state index is 0.123. The van der Waals surface area contributed by atoms with Gasteiger partial charge in [0.2, 0.25) is 0 Å². The van der Waals surface area contributed by atoms with Gasteiger partial charge >= 0.3 is 0 Å². The fourth-order valence-electron chi connectivity index (χ4n) is 2.06. The SMILES string of the molecule is CC1(C)CCN(C(=O)c2ccc(Br)cc2Br)CCS1. The number of carbonyl (C=O) groups is 1. The van der Waals surface area contributed by atoms with Crippen LogP contribution in [-0.4, -0.2) is 34.4 Å². The Hall–Kier alpha value is -0.000000000000000111. The lowest BCUT2D eigenvalue weighted by Crippen LogP contribution is -2.33. The molecule has 1 heterocycles. The molecule has 1 aliphatic heterocycles. The normalized spacial score (nSPS) is 19.1. The molecular formula is C14H17Br2NOS. The molecule has 2 rings (SSSR count). The number of nitrogens with zero attached hydrogens (tertiary/aromatic N) is 1. The molecule has 0 aliphatic carbocycles. The first-order valence-corrected chi connectivity index (χ1v) is 8.84. The zero-order valence-electron chi connectivity index (χ0n) is 11.1. The van der Waals surface area contributed by atoms with Crippen molar-refractivity contribution < 1.29 is 4.79 Å². The number of carbonyl (C=O) groups excluding carboxylic acids is 1. The lowest BCUT2D eigenvalue weighted by atomic mass is 10.1. The van der Waals surface area contributed by atoms with Crippen molar-refractivity contribution in [2.24, 2.45) is 0 Å². The van der Waals surface area contributed by atoms with E-state index < -0.39 is 0 Å². The molecule has 5 heteroatoms. The van der Waals surface area contributed by atoms with Crippen LogP contribution in [0.1, 0.15) is 30.6 Å². The smallest absolute Gasteiger partial charge is 0.255 e. The van der Waals surface area contributed by atoms with E-state index in [2.05, 4.69) is 45.7 Å². The molecular weight excluding hydrogens is 390 g/mol. The second kappa shape index (κ2) is 6.19. The van der Waals surface area contributed by atoms with Gasteiger partial charge in [-0.2, -0.15) is 11.8 Å². The van der Waals surface area contributed by atoms with Crippen LogP contribution in [0, 0.1) is 0 Å². The monoisotopic (exact) mass is 405 g/mol. The third-order valence-corrected chi connectivity index (χ3v) is 5.81. The summed E-state index contributed by atoms with van der Waals surface area (Å²) in [6, 6.07) is 5.71. The third kappa shape index (κ3) is 3.99. The second-order valence-electron chi connectivity index (χ2n) is 5.27. The number of halogens is 2. The van der Waals surface area contributed by atoms with Crippen molar-refractivity contribution in [2.45, 2.75) is 25.0 Å². The quantitative estimate of drug-likeness (QED) is 0.680. The first kappa shape index (κ1) is 15.4. The Balaban J connectivity index is 2.15. The highest BCUT2D eigenvalue weighted by molar-refractivity contribution is 9.11. The van der Waals surface area contributed by atoms with E-state index in [1.54, 1.807) is 0 Å². The first-order valence-electron chi connectivity index (χ1n) is 6.27.